The molecule has 7 heteroatoms. The SMILES string of the molecule is CCNC(=NCC(C)(O)c1cccs1)NCCCCCCCN(C)C.I. The van der Waals surface area contributed by atoms with Crippen molar-refractivity contribution in [3.63, 3.8) is 0 Å². The molecule has 1 rings (SSSR count). The summed E-state index contributed by atoms with van der Waals surface area (Å²) < 4.78 is 0. The highest BCUT2D eigenvalue weighted by molar-refractivity contribution is 14.0. The molecule has 0 saturated carbocycles. The van der Waals surface area contributed by atoms with Gasteiger partial charge in [0.15, 0.2) is 5.96 Å². The van der Waals surface area contributed by atoms with Crippen LogP contribution in [-0.4, -0.2) is 56.2 Å². The van der Waals surface area contributed by atoms with Crippen LogP contribution in [0.15, 0.2) is 22.5 Å². The van der Waals surface area contributed by atoms with E-state index in [0.29, 0.717) is 6.54 Å². The van der Waals surface area contributed by atoms with E-state index in [1.54, 1.807) is 11.3 Å². The highest BCUT2D eigenvalue weighted by atomic mass is 127. The number of halogens is 1. The molecule has 1 atom stereocenters. The van der Waals surface area contributed by atoms with E-state index in [1.807, 2.05) is 24.4 Å². The Morgan fingerprint density at radius 3 is 2.50 bits per heavy atom. The third-order valence-corrected chi connectivity index (χ3v) is 5.14. The molecule has 0 aromatic carbocycles. The number of rotatable bonds is 12. The molecular weight excluding hydrogens is 459 g/mol. The third-order valence-electron chi connectivity index (χ3n) is 4.02. The fraction of sp³-hybridized carbons (Fsp3) is 0.737. The topological polar surface area (TPSA) is 59.9 Å². The van der Waals surface area contributed by atoms with E-state index in [-0.39, 0.29) is 24.0 Å². The van der Waals surface area contributed by atoms with Crippen LogP contribution in [0.2, 0.25) is 0 Å². The molecule has 5 nitrogen and oxygen atoms in total. The van der Waals surface area contributed by atoms with Crippen LogP contribution in [0.1, 0.15) is 50.8 Å². The van der Waals surface area contributed by atoms with Crippen molar-refractivity contribution in [2.45, 2.75) is 51.6 Å². The van der Waals surface area contributed by atoms with Gasteiger partial charge in [0.1, 0.15) is 5.60 Å². The molecule has 0 fully saturated rings. The molecule has 0 amide bonds. The van der Waals surface area contributed by atoms with Gasteiger partial charge in [0, 0.05) is 18.0 Å². The van der Waals surface area contributed by atoms with E-state index in [0.717, 1.165) is 30.3 Å². The summed E-state index contributed by atoms with van der Waals surface area (Å²) in [6, 6.07) is 3.91. The van der Waals surface area contributed by atoms with Crippen molar-refractivity contribution in [2.24, 2.45) is 4.99 Å². The van der Waals surface area contributed by atoms with Crippen molar-refractivity contribution in [3.8, 4) is 0 Å². The number of guanidine groups is 1. The lowest BCUT2D eigenvalue weighted by Gasteiger charge is -2.20. The molecule has 3 N–H and O–H groups in total. The molecule has 1 aromatic rings. The molecule has 26 heavy (non-hydrogen) atoms. The van der Waals surface area contributed by atoms with Crippen molar-refractivity contribution in [3.05, 3.63) is 22.4 Å². The zero-order valence-electron chi connectivity index (χ0n) is 16.8. The van der Waals surface area contributed by atoms with Crippen LogP contribution in [0.4, 0.5) is 0 Å². The van der Waals surface area contributed by atoms with Crippen molar-refractivity contribution >= 4 is 41.3 Å². The van der Waals surface area contributed by atoms with Crippen LogP contribution in [0.25, 0.3) is 0 Å². The number of unbranched alkanes of at least 4 members (excludes halogenated alkanes) is 4. The maximum absolute atomic E-state index is 10.6. The van der Waals surface area contributed by atoms with Crippen LogP contribution in [-0.2, 0) is 5.60 Å². The lowest BCUT2D eigenvalue weighted by atomic mass is 10.1. The van der Waals surface area contributed by atoms with E-state index in [4.69, 9.17) is 0 Å². The van der Waals surface area contributed by atoms with Gasteiger partial charge in [0.05, 0.1) is 6.54 Å². The van der Waals surface area contributed by atoms with Crippen molar-refractivity contribution in [2.75, 3.05) is 40.3 Å². The fourth-order valence-corrected chi connectivity index (χ4v) is 3.31. The molecule has 1 unspecified atom stereocenters. The Bertz CT molecular complexity index is 478. The maximum Gasteiger partial charge on any atom is 0.191 e. The molecule has 0 radical (unpaired) electrons. The number of hydrogen-bond donors (Lipinski definition) is 3. The molecule has 0 aliphatic heterocycles. The van der Waals surface area contributed by atoms with Crippen LogP contribution in [0.5, 0.6) is 0 Å². The van der Waals surface area contributed by atoms with Gasteiger partial charge < -0.3 is 20.6 Å². The van der Waals surface area contributed by atoms with Gasteiger partial charge in [-0.15, -0.1) is 35.3 Å². The van der Waals surface area contributed by atoms with E-state index in [9.17, 15) is 5.11 Å². The van der Waals surface area contributed by atoms with Gasteiger partial charge >= 0.3 is 0 Å². The summed E-state index contributed by atoms with van der Waals surface area (Å²) in [6.45, 7) is 7.14. The standard InChI is InChI=1S/C19H36N4OS.HI/c1-5-20-18(21-13-9-7-6-8-10-14-23(3)4)22-16-19(2,24)17-12-11-15-25-17;/h11-12,15,24H,5-10,13-14,16H2,1-4H3,(H2,20,21,22);1H. The monoisotopic (exact) mass is 496 g/mol. The van der Waals surface area contributed by atoms with E-state index in [2.05, 4.69) is 41.5 Å². The van der Waals surface area contributed by atoms with Gasteiger partial charge in [-0.25, -0.2) is 4.99 Å². The average Bonchev–Trinajstić information content (AvgIpc) is 3.10. The van der Waals surface area contributed by atoms with Crippen molar-refractivity contribution in [1.29, 1.82) is 0 Å². The van der Waals surface area contributed by atoms with Gasteiger partial charge in [-0.1, -0.05) is 25.3 Å². The second-order valence-corrected chi connectivity index (χ2v) is 7.89. The first-order valence-electron chi connectivity index (χ1n) is 9.39. The first-order chi connectivity index (χ1) is 12.0. The van der Waals surface area contributed by atoms with E-state index >= 15 is 0 Å². The predicted octanol–water partition coefficient (Wildman–Crippen LogP) is 3.64. The number of thiophene rings is 1. The van der Waals surface area contributed by atoms with Gasteiger partial charge in [0.25, 0.3) is 0 Å². The molecule has 1 aromatic heterocycles. The summed E-state index contributed by atoms with van der Waals surface area (Å²) in [4.78, 5) is 7.74. The van der Waals surface area contributed by atoms with Gasteiger partial charge in [-0.3, -0.25) is 0 Å². The second kappa shape index (κ2) is 14.6. The van der Waals surface area contributed by atoms with Gasteiger partial charge in [-0.2, -0.15) is 0 Å². The highest BCUT2D eigenvalue weighted by Gasteiger charge is 2.23. The molecule has 0 spiro atoms. The Kier molecular flexibility index (Phi) is 14.4. The molecule has 152 valence electrons. The quantitative estimate of drug-likeness (QED) is 0.179. The first-order valence-corrected chi connectivity index (χ1v) is 10.3. The summed E-state index contributed by atoms with van der Waals surface area (Å²) in [6.07, 6.45) is 6.26. The summed E-state index contributed by atoms with van der Waals surface area (Å²) in [5.41, 5.74) is -0.914. The fourth-order valence-electron chi connectivity index (χ4n) is 2.53. The average molecular weight is 497 g/mol. The zero-order valence-corrected chi connectivity index (χ0v) is 19.9. The molecular formula is C19H37IN4OS. The third kappa shape index (κ3) is 11.4. The first kappa shape index (κ1) is 25.6. The summed E-state index contributed by atoms with van der Waals surface area (Å²) >= 11 is 1.56. The van der Waals surface area contributed by atoms with Gasteiger partial charge in [-0.05, 0) is 58.8 Å². The normalized spacial score (nSPS) is 14.0. The largest absolute Gasteiger partial charge is 0.383 e. The predicted molar refractivity (Wildman–Crippen MR) is 125 cm³/mol. The molecule has 0 aliphatic rings. The second-order valence-electron chi connectivity index (χ2n) is 6.94. The zero-order chi connectivity index (χ0) is 18.5. The highest BCUT2D eigenvalue weighted by Crippen LogP contribution is 2.25. The van der Waals surface area contributed by atoms with E-state index < -0.39 is 5.60 Å². The number of nitrogens with zero attached hydrogens (tertiary/aromatic N) is 2. The van der Waals surface area contributed by atoms with Crippen molar-refractivity contribution < 1.29 is 5.11 Å². The summed E-state index contributed by atoms with van der Waals surface area (Å²) in [5, 5.41) is 19.2. The Morgan fingerprint density at radius 2 is 1.88 bits per heavy atom. The number of aliphatic imine (C=N–C) groups is 1. The summed E-state index contributed by atoms with van der Waals surface area (Å²) in [7, 11) is 4.25. The Hall–Kier alpha value is -0.380. The Morgan fingerprint density at radius 1 is 1.19 bits per heavy atom. The Balaban J connectivity index is 0.00000625. The minimum atomic E-state index is -0.914. The maximum atomic E-state index is 10.6. The van der Waals surface area contributed by atoms with Crippen molar-refractivity contribution in [1.82, 2.24) is 15.5 Å². The number of hydrogen-bond acceptors (Lipinski definition) is 4. The lowest BCUT2D eigenvalue weighted by molar-refractivity contribution is 0.0711. The molecule has 1 heterocycles. The minimum Gasteiger partial charge on any atom is -0.383 e. The van der Waals surface area contributed by atoms with Crippen LogP contribution in [0, 0.1) is 0 Å². The summed E-state index contributed by atoms with van der Waals surface area (Å²) in [5.74, 6) is 0.784. The molecule has 0 aliphatic carbocycles. The lowest BCUT2D eigenvalue weighted by Crippen LogP contribution is -2.39. The van der Waals surface area contributed by atoms with E-state index in [1.165, 1.54) is 32.2 Å². The molecule has 0 saturated heterocycles. The number of aliphatic hydroxyl groups is 1. The van der Waals surface area contributed by atoms with Gasteiger partial charge in [0.2, 0.25) is 0 Å². The smallest absolute Gasteiger partial charge is 0.191 e. The van der Waals surface area contributed by atoms with Crippen LogP contribution >= 0.6 is 35.3 Å². The molecule has 0 bridgehead atoms. The Labute approximate surface area is 180 Å². The minimum absolute atomic E-state index is 0. The number of nitrogens with one attached hydrogen (secondary N) is 2. The van der Waals surface area contributed by atoms with Crippen LogP contribution in [0.3, 0.4) is 0 Å². The van der Waals surface area contributed by atoms with Crippen LogP contribution < -0.4 is 10.6 Å².